The van der Waals surface area contributed by atoms with Crippen molar-refractivity contribution in [2.75, 3.05) is 0 Å². The molecule has 0 saturated heterocycles. The third-order valence-corrected chi connectivity index (χ3v) is 3.26. The number of halogens is 6. The number of Topliss-reactive ketones (excluding diaryl/α,β-unsaturated/α-hetero) is 1. The second kappa shape index (κ2) is 6.21. The third-order valence-electron chi connectivity index (χ3n) is 2.12. The van der Waals surface area contributed by atoms with Gasteiger partial charge in [-0.3, -0.25) is 4.79 Å². The molecule has 1 aromatic carbocycles. The number of alkyl halides is 6. The highest BCUT2D eigenvalue weighted by Gasteiger charge is 2.30. The zero-order chi connectivity index (χ0) is 14.8. The fourth-order valence-corrected chi connectivity index (χ4v) is 2.19. The minimum absolute atomic E-state index is 0.272. The number of carbonyl (C=O) groups excluding carboxylic acids is 1. The van der Waals surface area contributed by atoms with E-state index in [0.29, 0.717) is 6.07 Å². The topological polar surface area (TPSA) is 17.1 Å². The standard InChI is InChI=1S/C11H8BrF5OS/c1-5(12)9(18)7-3-2-6(19-11(15,16)17)4-8(7)10(13)14/h2-5,10H,1H3. The van der Waals surface area contributed by atoms with Crippen LogP contribution >= 0.6 is 27.7 Å². The van der Waals surface area contributed by atoms with E-state index in [9.17, 15) is 26.7 Å². The van der Waals surface area contributed by atoms with Crippen molar-refractivity contribution >= 4 is 33.5 Å². The minimum atomic E-state index is -4.56. The van der Waals surface area contributed by atoms with Gasteiger partial charge < -0.3 is 0 Å². The first kappa shape index (κ1) is 16.4. The normalized spacial score (nSPS) is 13.7. The Morgan fingerprint density at radius 2 is 1.89 bits per heavy atom. The van der Waals surface area contributed by atoms with Crippen molar-refractivity contribution in [3.05, 3.63) is 29.3 Å². The molecule has 0 amide bonds. The highest BCUT2D eigenvalue weighted by molar-refractivity contribution is 9.10. The lowest BCUT2D eigenvalue weighted by atomic mass is 10.0. The van der Waals surface area contributed by atoms with Crippen LogP contribution in [0, 0.1) is 0 Å². The van der Waals surface area contributed by atoms with Crippen molar-refractivity contribution in [3.8, 4) is 0 Å². The summed E-state index contributed by atoms with van der Waals surface area (Å²) in [5.41, 5.74) is -5.52. The van der Waals surface area contributed by atoms with Crippen LogP contribution < -0.4 is 0 Å². The second-order valence-electron chi connectivity index (χ2n) is 3.58. The Morgan fingerprint density at radius 3 is 2.32 bits per heavy atom. The van der Waals surface area contributed by atoms with Gasteiger partial charge in [0.15, 0.2) is 5.78 Å². The monoisotopic (exact) mass is 362 g/mol. The molecule has 0 spiro atoms. The molecule has 1 aromatic rings. The molecule has 1 atom stereocenters. The lowest BCUT2D eigenvalue weighted by Crippen LogP contribution is -2.13. The first-order chi connectivity index (χ1) is 8.61. The van der Waals surface area contributed by atoms with Crippen LogP contribution in [0.25, 0.3) is 0 Å². The van der Waals surface area contributed by atoms with Gasteiger partial charge in [-0.05, 0) is 36.9 Å². The van der Waals surface area contributed by atoms with Crippen molar-refractivity contribution in [2.45, 2.75) is 28.6 Å². The molecule has 8 heteroatoms. The van der Waals surface area contributed by atoms with Crippen LogP contribution in [0.4, 0.5) is 22.0 Å². The van der Waals surface area contributed by atoms with E-state index in [0.717, 1.165) is 12.1 Å². The van der Waals surface area contributed by atoms with E-state index in [1.54, 1.807) is 0 Å². The van der Waals surface area contributed by atoms with Crippen molar-refractivity contribution in [1.82, 2.24) is 0 Å². The van der Waals surface area contributed by atoms with Crippen molar-refractivity contribution in [2.24, 2.45) is 0 Å². The Labute approximate surface area is 118 Å². The van der Waals surface area contributed by atoms with Crippen LogP contribution in [-0.4, -0.2) is 16.1 Å². The van der Waals surface area contributed by atoms with Crippen LogP contribution in [-0.2, 0) is 0 Å². The van der Waals surface area contributed by atoms with Gasteiger partial charge in [-0.2, -0.15) is 13.2 Å². The number of hydrogen-bond donors (Lipinski definition) is 0. The van der Waals surface area contributed by atoms with Gasteiger partial charge in [-0.25, -0.2) is 8.78 Å². The number of rotatable bonds is 4. The Bertz CT molecular complexity index is 473. The fourth-order valence-electron chi connectivity index (χ4n) is 1.36. The maximum atomic E-state index is 12.8. The molecule has 0 aliphatic heterocycles. The van der Waals surface area contributed by atoms with E-state index >= 15 is 0 Å². The molecule has 0 fully saturated rings. The summed E-state index contributed by atoms with van der Waals surface area (Å²) in [6.45, 7) is 1.45. The minimum Gasteiger partial charge on any atom is -0.293 e. The number of carbonyl (C=O) groups is 1. The maximum Gasteiger partial charge on any atom is 0.446 e. The molecule has 0 N–H and O–H groups in total. The van der Waals surface area contributed by atoms with Gasteiger partial charge in [-0.15, -0.1) is 0 Å². The largest absolute Gasteiger partial charge is 0.446 e. The lowest BCUT2D eigenvalue weighted by Gasteiger charge is -2.12. The number of thioether (sulfide) groups is 1. The van der Waals surface area contributed by atoms with Crippen LogP contribution in [0.1, 0.15) is 29.3 Å². The summed E-state index contributed by atoms with van der Waals surface area (Å²) in [5.74, 6) is -0.598. The molecule has 1 rings (SSSR count). The Kier molecular flexibility index (Phi) is 5.37. The second-order valence-corrected chi connectivity index (χ2v) is 6.09. The highest BCUT2D eigenvalue weighted by Crippen LogP contribution is 2.39. The molecule has 106 valence electrons. The molecule has 0 aliphatic rings. The Balaban J connectivity index is 3.19. The molecular formula is C11H8BrF5OS. The van der Waals surface area contributed by atoms with Gasteiger partial charge in [0.25, 0.3) is 6.43 Å². The van der Waals surface area contributed by atoms with Crippen LogP contribution in [0.15, 0.2) is 23.1 Å². The van der Waals surface area contributed by atoms with E-state index in [1.807, 2.05) is 0 Å². The van der Waals surface area contributed by atoms with Crippen LogP contribution in [0.3, 0.4) is 0 Å². The fraction of sp³-hybridized carbons (Fsp3) is 0.364. The molecule has 0 bridgehead atoms. The number of hydrogen-bond acceptors (Lipinski definition) is 2. The van der Waals surface area contributed by atoms with E-state index in [-0.39, 0.29) is 10.5 Å². The predicted molar refractivity (Wildman–Crippen MR) is 66.0 cm³/mol. The quantitative estimate of drug-likeness (QED) is 0.317. The SMILES string of the molecule is CC(Br)C(=O)c1ccc(SC(F)(F)F)cc1C(F)F. The van der Waals surface area contributed by atoms with E-state index < -0.39 is 39.9 Å². The smallest absolute Gasteiger partial charge is 0.293 e. The van der Waals surface area contributed by atoms with E-state index in [1.165, 1.54) is 6.92 Å². The van der Waals surface area contributed by atoms with Crippen LogP contribution in [0.5, 0.6) is 0 Å². The zero-order valence-corrected chi connectivity index (χ0v) is 11.9. The molecule has 1 unspecified atom stereocenters. The average molecular weight is 363 g/mol. The summed E-state index contributed by atoms with van der Waals surface area (Å²) in [6, 6.07) is 2.70. The number of ketones is 1. The molecule has 0 aromatic heterocycles. The van der Waals surface area contributed by atoms with Crippen LogP contribution in [0.2, 0.25) is 0 Å². The van der Waals surface area contributed by atoms with Gasteiger partial charge in [-0.1, -0.05) is 15.9 Å². The van der Waals surface area contributed by atoms with Crippen molar-refractivity contribution < 1.29 is 26.7 Å². The lowest BCUT2D eigenvalue weighted by molar-refractivity contribution is -0.0328. The summed E-state index contributed by atoms with van der Waals surface area (Å²) in [5, 5.41) is 0. The third kappa shape index (κ3) is 4.76. The van der Waals surface area contributed by atoms with Gasteiger partial charge in [0.1, 0.15) is 0 Å². The van der Waals surface area contributed by atoms with E-state index in [4.69, 9.17) is 0 Å². The van der Waals surface area contributed by atoms with Gasteiger partial charge >= 0.3 is 5.51 Å². The summed E-state index contributed by atoms with van der Waals surface area (Å²) in [4.78, 5) is 10.6. The van der Waals surface area contributed by atoms with Crippen molar-refractivity contribution in [1.29, 1.82) is 0 Å². The Hall–Kier alpha value is -0.630. The summed E-state index contributed by atoms with van der Waals surface area (Å²) < 4.78 is 62.1. The Morgan fingerprint density at radius 1 is 1.32 bits per heavy atom. The zero-order valence-electron chi connectivity index (χ0n) is 9.47. The molecule has 1 nitrogen and oxygen atoms in total. The number of benzene rings is 1. The predicted octanol–water partition coefficient (Wildman–Crippen LogP) is 5.20. The molecule has 0 radical (unpaired) electrons. The maximum absolute atomic E-state index is 12.8. The molecule has 19 heavy (non-hydrogen) atoms. The van der Waals surface area contributed by atoms with Crippen molar-refractivity contribution in [3.63, 3.8) is 0 Å². The first-order valence-corrected chi connectivity index (χ1v) is 6.71. The van der Waals surface area contributed by atoms with Gasteiger partial charge in [0, 0.05) is 16.0 Å². The summed E-state index contributed by atoms with van der Waals surface area (Å²) in [6.07, 6.45) is -3.01. The van der Waals surface area contributed by atoms with E-state index in [2.05, 4.69) is 15.9 Å². The van der Waals surface area contributed by atoms with Gasteiger partial charge in [0.2, 0.25) is 0 Å². The summed E-state index contributed by atoms with van der Waals surface area (Å²) in [7, 11) is 0. The highest BCUT2D eigenvalue weighted by atomic mass is 79.9. The molecule has 0 aliphatic carbocycles. The van der Waals surface area contributed by atoms with Gasteiger partial charge in [0.05, 0.1) is 4.83 Å². The molecule has 0 heterocycles. The molecule has 0 saturated carbocycles. The average Bonchev–Trinajstić information content (AvgIpc) is 2.25. The molecular weight excluding hydrogens is 355 g/mol. The first-order valence-electron chi connectivity index (χ1n) is 4.98. The summed E-state index contributed by atoms with van der Waals surface area (Å²) >= 11 is 2.45.